The maximum absolute atomic E-state index is 9.41. The molecule has 0 spiro atoms. The lowest BCUT2D eigenvalue weighted by Gasteiger charge is -2.10. The number of ether oxygens (including phenoxy) is 2. The molecule has 3 aromatic rings. The van der Waals surface area contributed by atoms with Crippen molar-refractivity contribution in [3.8, 4) is 11.5 Å². The Bertz CT molecular complexity index is 797. The summed E-state index contributed by atoms with van der Waals surface area (Å²) >= 11 is 0. The van der Waals surface area contributed by atoms with E-state index in [2.05, 4.69) is 12.1 Å². The molecule has 5 nitrogen and oxygen atoms in total. The topological polar surface area (TPSA) is 56.5 Å². The third kappa shape index (κ3) is 3.00. The Labute approximate surface area is 135 Å². The van der Waals surface area contributed by atoms with Crippen molar-refractivity contribution >= 4 is 11.0 Å². The van der Waals surface area contributed by atoms with E-state index in [-0.39, 0.29) is 6.61 Å². The highest BCUT2D eigenvalue weighted by molar-refractivity contribution is 5.80. The molecule has 0 unspecified atom stereocenters. The van der Waals surface area contributed by atoms with Crippen LogP contribution in [0.5, 0.6) is 11.5 Å². The van der Waals surface area contributed by atoms with Crippen LogP contribution in [-0.4, -0.2) is 35.5 Å². The van der Waals surface area contributed by atoms with Gasteiger partial charge in [0, 0.05) is 25.1 Å². The van der Waals surface area contributed by atoms with Crippen molar-refractivity contribution in [3.63, 3.8) is 0 Å². The third-order valence-corrected chi connectivity index (χ3v) is 3.86. The molecule has 1 N–H and O–H groups in total. The highest BCUT2D eigenvalue weighted by atomic mass is 16.5. The molecule has 120 valence electrons. The fourth-order valence-electron chi connectivity index (χ4n) is 2.76. The first-order chi connectivity index (χ1) is 11.3. The zero-order valence-corrected chi connectivity index (χ0v) is 13.3. The van der Waals surface area contributed by atoms with Crippen LogP contribution in [0.2, 0.25) is 0 Å². The van der Waals surface area contributed by atoms with Gasteiger partial charge in [0.1, 0.15) is 5.82 Å². The summed E-state index contributed by atoms with van der Waals surface area (Å²) in [4.78, 5) is 4.73. The van der Waals surface area contributed by atoms with Crippen LogP contribution in [0.1, 0.15) is 11.4 Å². The summed E-state index contributed by atoms with van der Waals surface area (Å²) in [6.45, 7) is 0.551. The first kappa shape index (κ1) is 15.4. The van der Waals surface area contributed by atoms with Gasteiger partial charge in [0.05, 0.1) is 31.9 Å². The van der Waals surface area contributed by atoms with E-state index in [1.165, 1.54) is 5.56 Å². The van der Waals surface area contributed by atoms with Gasteiger partial charge in [0.2, 0.25) is 0 Å². The molecule has 0 saturated heterocycles. The number of benzene rings is 2. The van der Waals surface area contributed by atoms with Crippen LogP contribution in [0.25, 0.3) is 11.0 Å². The van der Waals surface area contributed by atoms with Crippen molar-refractivity contribution in [1.82, 2.24) is 9.55 Å². The van der Waals surface area contributed by atoms with Crippen molar-refractivity contribution in [2.75, 3.05) is 20.8 Å². The maximum atomic E-state index is 9.41. The van der Waals surface area contributed by atoms with E-state index in [0.29, 0.717) is 24.5 Å². The quantitative estimate of drug-likeness (QED) is 0.760. The summed E-state index contributed by atoms with van der Waals surface area (Å²) in [5.41, 5.74) is 2.95. The highest BCUT2D eigenvalue weighted by Gasteiger charge is 2.15. The Kier molecular flexibility index (Phi) is 4.48. The van der Waals surface area contributed by atoms with Gasteiger partial charge >= 0.3 is 0 Å². The van der Waals surface area contributed by atoms with E-state index in [1.54, 1.807) is 14.2 Å². The third-order valence-electron chi connectivity index (χ3n) is 3.86. The van der Waals surface area contributed by atoms with Crippen LogP contribution >= 0.6 is 0 Å². The minimum absolute atomic E-state index is 0.0571. The van der Waals surface area contributed by atoms with Gasteiger partial charge in [-0.25, -0.2) is 4.98 Å². The minimum Gasteiger partial charge on any atom is -0.493 e. The van der Waals surface area contributed by atoms with Crippen LogP contribution in [0.15, 0.2) is 42.5 Å². The summed E-state index contributed by atoms with van der Waals surface area (Å²) < 4.78 is 12.8. The molecule has 0 aliphatic rings. The van der Waals surface area contributed by atoms with Crippen molar-refractivity contribution in [2.24, 2.45) is 0 Å². The van der Waals surface area contributed by atoms with Crippen LogP contribution in [0, 0.1) is 0 Å². The summed E-state index contributed by atoms with van der Waals surface area (Å²) in [5, 5.41) is 9.41. The minimum atomic E-state index is 0.0571. The highest BCUT2D eigenvalue weighted by Crippen LogP contribution is 2.32. The van der Waals surface area contributed by atoms with Gasteiger partial charge in [0.25, 0.3) is 0 Å². The molecule has 1 aromatic heterocycles. The van der Waals surface area contributed by atoms with Gasteiger partial charge < -0.3 is 19.1 Å². The Balaban J connectivity index is 2.11. The summed E-state index contributed by atoms with van der Waals surface area (Å²) in [5.74, 6) is 2.22. The number of aromatic nitrogens is 2. The Morgan fingerprint density at radius 2 is 1.74 bits per heavy atom. The molecule has 0 fully saturated rings. The smallest absolute Gasteiger partial charge is 0.163 e. The number of imidazole rings is 1. The average molecular weight is 312 g/mol. The largest absolute Gasteiger partial charge is 0.493 e. The number of aliphatic hydroxyl groups is 1. The lowest BCUT2D eigenvalue weighted by Crippen LogP contribution is -2.07. The molecular weight excluding hydrogens is 292 g/mol. The number of fused-ring (bicyclic) bond motifs is 1. The molecule has 0 saturated carbocycles. The second-order valence-electron chi connectivity index (χ2n) is 5.26. The van der Waals surface area contributed by atoms with Crippen LogP contribution in [0.3, 0.4) is 0 Å². The van der Waals surface area contributed by atoms with Gasteiger partial charge in [-0.15, -0.1) is 0 Å². The number of hydrogen-bond acceptors (Lipinski definition) is 4. The first-order valence-corrected chi connectivity index (χ1v) is 7.52. The van der Waals surface area contributed by atoms with Crippen molar-refractivity contribution in [2.45, 2.75) is 13.0 Å². The monoisotopic (exact) mass is 312 g/mol. The van der Waals surface area contributed by atoms with Crippen molar-refractivity contribution < 1.29 is 14.6 Å². The average Bonchev–Trinajstić information content (AvgIpc) is 2.91. The second kappa shape index (κ2) is 6.71. The number of methoxy groups -OCH3 is 2. The summed E-state index contributed by atoms with van der Waals surface area (Å²) in [6.07, 6.45) is 0.708. The predicted octanol–water partition coefficient (Wildman–Crippen LogP) is 2.64. The molecule has 23 heavy (non-hydrogen) atoms. The normalized spacial score (nSPS) is 10.9. The van der Waals surface area contributed by atoms with Crippen molar-refractivity contribution in [3.05, 3.63) is 53.9 Å². The summed E-state index contributed by atoms with van der Waals surface area (Å²) in [6, 6.07) is 14.0. The van der Waals surface area contributed by atoms with Gasteiger partial charge in [-0.05, 0) is 5.56 Å². The van der Waals surface area contributed by atoms with Gasteiger partial charge in [-0.2, -0.15) is 0 Å². The van der Waals surface area contributed by atoms with Gasteiger partial charge in [0.15, 0.2) is 11.5 Å². The van der Waals surface area contributed by atoms with Gasteiger partial charge in [-0.1, -0.05) is 30.3 Å². The first-order valence-electron chi connectivity index (χ1n) is 7.52. The fourth-order valence-corrected chi connectivity index (χ4v) is 2.76. The molecule has 3 rings (SSSR count). The fraction of sp³-hybridized carbons (Fsp3) is 0.278. The van der Waals surface area contributed by atoms with Crippen molar-refractivity contribution in [1.29, 1.82) is 0 Å². The van der Waals surface area contributed by atoms with E-state index >= 15 is 0 Å². The Morgan fingerprint density at radius 1 is 1.04 bits per heavy atom. The molecule has 0 bridgehead atoms. The van der Waals surface area contributed by atoms with Crippen LogP contribution in [0.4, 0.5) is 0 Å². The van der Waals surface area contributed by atoms with E-state index in [0.717, 1.165) is 16.9 Å². The maximum Gasteiger partial charge on any atom is 0.163 e. The Hall–Kier alpha value is -2.53. The number of nitrogens with zero attached hydrogens (tertiary/aromatic N) is 2. The molecule has 0 aliphatic heterocycles. The van der Waals surface area contributed by atoms with Crippen LogP contribution in [-0.2, 0) is 13.0 Å². The number of hydrogen-bond donors (Lipinski definition) is 1. The SMILES string of the molecule is COc1cc2nc(Cc3ccccc3)n(CCO)c2cc1OC. The standard InChI is InChI=1S/C18H20N2O3/c1-22-16-11-14-15(12-17(16)23-2)20(8-9-21)18(19-14)10-13-6-4-3-5-7-13/h3-7,11-12,21H,8-10H2,1-2H3. The summed E-state index contributed by atoms with van der Waals surface area (Å²) in [7, 11) is 3.22. The van der Waals surface area contributed by atoms with E-state index in [1.807, 2.05) is 34.9 Å². The molecule has 5 heteroatoms. The van der Waals surface area contributed by atoms with E-state index in [4.69, 9.17) is 14.5 Å². The molecule has 0 atom stereocenters. The van der Waals surface area contributed by atoms with E-state index < -0.39 is 0 Å². The molecule has 0 aliphatic carbocycles. The number of aliphatic hydroxyl groups excluding tert-OH is 1. The number of rotatable bonds is 6. The second-order valence-corrected chi connectivity index (χ2v) is 5.26. The predicted molar refractivity (Wildman–Crippen MR) is 89.2 cm³/mol. The van der Waals surface area contributed by atoms with Crippen LogP contribution < -0.4 is 9.47 Å². The molecule has 2 aromatic carbocycles. The molecule has 0 radical (unpaired) electrons. The Morgan fingerprint density at radius 3 is 2.39 bits per heavy atom. The molecule has 1 heterocycles. The van der Waals surface area contributed by atoms with Gasteiger partial charge in [-0.3, -0.25) is 0 Å². The van der Waals surface area contributed by atoms with E-state index in [9.17, 15) is 5.11 Å². The lowest BCUT2D eigenvalue weighted by molar-refractivity contribution is 0.276. The lowest BCUT2D eigenvalue weighted by atomic mass is 10.1. The molecular formula is C18H20N2O3. The molecule has 0 amide bonds. The zero-order chi connectivity index (χ0) is 16.2. The zero-order valence-electron chi connectivity index (χ0n) is 13.3.